The molecule has 0 radical (unpaired) electrons. The standard InChI is InChI=1S/C10H12F2S/c1-7-5-10(12)8(3-4-13-2)6-9(7)11/h5-6H,3-4H2,1-2H3. The molecule has 0 unspecified atom stereocenters. The quantitative estimate of drug-likeness (QED) is 0.725. The summed E-state index contributed by atoms with van der Waals surface area (Å²) in [4.78, 5) is 0. The lowest BCUT2D eigenvalue weighted by molar-refractivity contribution is 0.580. The Kier molecular flexibility index (Phi) is 3.72. The molecule has 0 fully saturated rings. The Morgan fingerprint density at radius 3 is 2.54 bits per heavy atom. The fourth-order valence-corrected chi connectivity index (χ4v) is 1.52. The largest absolute Gasteiger partial charge is 0.207 e. The van der Waals surface area contributed by atoms with E-state index in [9.17, 15) is 8.78 Å². The topological polar surface area (TPSA) is 0 Å². The van der Waals surface area contributed by atoms with Gasteiger partial charge < -0.3 is 0 Å². The summed E-state index contributed by atoms with van der Waals surface area (Å²) >= 11 is 1.63. The zero-order chi connectivity index (χ0) is 9.84. The molecule has 72 valence electrons. The van der Waals surface area contributed by atoms with E-state index < -0.39 is 0 Å². The third kappa shape index (κ3) is 2.69. The molecular formula is C10H12F2S. The molecule has 0 bridgehead atoms. The van der Waals surface area contributed by atoms with Gasteiger partial charge in [-0.25, -0.2) is 8.78 Å². The SMILES string of the molecule is CSCCc1cc(F)c(C)cc1F. The second-order valence-corrected chi connectivity index (χ2v) is 3.92. The van der Waals surface area contributed by atoms with Gasteiger partial charge in [0.2, 0.25) is 0 Å². The molecule has 0 aliphatic carbocycles. The number of aryl methyl sites for hydroxylation is 2. The number of rotatable bonds is 3. The van der Waals surface area contributed by atoms with Gasteiger partial charge in [-0.1, -0.05) is 0 Å². The minimum atomic E-state index is -0.322. The summed E-state index contributed by atoms with van der Waals surface area (Å²) in [5, 5.41) is 0. The molecule has 0 saturated carbocycles. The molecule has 0 aliphatic rings. The fraction of sp³-hybridized carbons (Fsp3) is 0.400. The maximum atomic E-state index is 13.2. The van der Waals surface area contributed by atoms with Crippen LogP contribution in [0.1, 0.15) is 11.1 Å². The average Bonchev–Trinajstić information content (AvgIpc) is 2.09. The van der Waals surface area contributed by atoms with Gasteiger partial charge in [-0.3, -0.25) is 0 Å². The van der Waals surface area contributed by atoms with E-state index in [0.717, 1.165) is 5.75 Å². The van der Waals surface area contributed by atoms with E-state index >= 15 is 0 Å². The lowest BCUT2D eigenvalue weighted by atomic mass is 10.1. The number of halogens is 2. The van der Waals surface area contributed by atoms with Crippen molar-refractivity contribution in [3.8, 4) is 0 Å². The van der Waals surface area contributed by atoms with Crippen LogP contribution in [0, 0.1) is 18.6 Å². The highest BCUT2D eigenvalue weighted by Gasteiger charge is 2.06. The molecule has 0 saturated heterocycles. The van der Waals surface area contributed by atoms with E-state index in [2.05, 4.69) is 0 Å². The van der Waals surface area contributed by atoms with Crippen molar-refractivity contribution in [2.45, 2.75) is 13.3 Å². The van der Waals surface area contributed by atoms with Crippen LogP contribution >= 0.6 is 11.8 Å². The number of hydrogen-bond donors (Lipinski definition) is 0. The van der Waals surface area contributed by atoms with E-state index in [1.54, 1.807) is 18.7 Å². The van der Waals surface area contributed by atoms with Gasteiger partial charge in [0, 0.05) is 0 Å². The fourth-order valence-electron chi connectivity index (χ4n) is 1.09. The van der Waals surface area contributed by atoms with Crippen molar-refractivity contribution >= 4 is 11.8 Å². The molecule has 0 N–H and O–H groups in total. The second-order valence-electron chi connectivity index (χ2n) is 2.94. The highest BCUT2D eigenvalue weighted by Crippen LogP contribution is 2.15. The molecule has 1 rings (SSSR count). The van der Waals surface area contributed by atoms with Crippen molar-refractivity contribution in [1.29, 1.82) is 0 Å². The normalized spacial score (nSPS) is 10.5. The highest BCUT2D eigenvalue weighted by atomic mass is 32.2. The van der Waals surface area contributed by atoms with E-state index in [4.69, 9.17) is 0 Å². The summed E-state index contributed by atoms with van der Waals surface area (Å²) in [7, 11) is 0. The maximum absolute atomic E-state index is 13.2. The number of thioether (sulfide) groups is 1. The third-order valence-electron chi connectivity index (χ3n) is 1.90. The monoisotopic (exact) mass is 202 g/mol. The minimum absolute atomic E-state index is 0.298. The van der Waals surface area contributed by atoms with Crippen molar-refractivity contribution in [3.05, 3.63) is 34.9 Å². The number of benzene rings is 1. The first-order valence-corrected chi connectivity index (χ1v) is 5.48. The summed E-state index contributed by atoms with van der Waals surface area (Å²) in [6.45, 7) is 1.57. The minimum Gasteiger partial charge on any atom is -0.207 e. The average molecular weight is 202 g/mol. The molecule has 1 aromatic rings. The molecule has 13 heavy (non-hydrogen) atoms. The van der Waals surface area contributed by atoms with Crippen LogP contribution in [0.15, 0.2) is 12.1 Å². The Labute approximate surface area is 81.3 Å². The van der Waals surface area contributed by atoms with Gasteiger partial charge >= 0.3 is 0 Å². The van der Waals surface area contributed by atoms with Gasteiger partial charge in [0.15, 0.2) is 0 Å². The summed E-state index contributed by atoms with van der Waals surface area (Å²) in [6.07, 6.45) is 2.53. The molecule has 0 aliphatic heterocycles. The third-order valence-corrected chi connectivity index (χ3v) is 2.52. The molecule has 1 aromatic carbocycles. The lowest BCUT2D eigenvalue weighted by Crippen LogP contribution is -1.96. The second kappa shape index (κ2) is 4.61. The Hall–Kier alpha value is -0.570. The number of hydrogen-bond acceptors (Lipinski definition) is 1. The van der Waals surface area contributed by atoms with E-state index in [1.165, 1.54) is 12.1 Å². The van der Waals surface area contributed by atoms with Crippen molar-refractivity contribution in [2.75, 3.05) is 12.0 Å². The van der Waals surface area contributed by atoms with Crippen LogP contribution in [0.4, 0.5) is 8.78 Å². The van der Waals surface area contributed by atoms with Crippen molar-refractivity contribution in [3.63, 3.8) is 0 Å². The predicted molar refractivity (Wildman–Crippen MR) is 53.2 cm³/mol. The first kappa shape index (κ1) is 10.5. The smallest absolute Gasteiger partial charge is 0.126 e. The Bertz CT molecular complexity index is 297. The Morgan fingerprint density at radius 1 is 1.23 bits per heavy atom. The summed E-state index contributed by atoms with van der Waals surface area (Å²) < 4.78 is 26.2. The molecule has 0 atom stereocenters. The van der Waals surface area contributed by atoms with Gasteiger partial charge in [-0.15, -0.1) is 0 Å². The molecule has 0 amide bonds. The van der Waals surface area contributed by atoms with Gasteiger partial charge in [-0.05, 0) is 48.6 Å². The van der Waals surface area contributed by atoms with Gasteiger partial charge in [0.25, 0.3) is 0 Å². The predicted octanol–water partition coefficient (Wildman–Crippen LogP) is 3.18. The van der Waals surface area contributed by atoms with Crippen molar-refractivity contribution in [2.24, 2.45) is 0 Å². The van der Waals surface area contributed by atoms with Crippen LogP contribution in [0.5, 0.6) is 0 Å². The zero-order valence-electron chi connectivity index (χ0n) is 7.73. The summed E-state index contributed by atoms with van der Waals surface area (Å²) in [6, 6.07) is 2.55. The lowest BCUT2D eigenvalue weighted by Gasteiger charge is -2.04. The molecular weight excluding hydrogens is 190 g/mol. The van der Waals surface area contributed by atoms with E-state index in [-0.39, 0.29) is 11.6 Å². The molecule has 0 nitrogen and oxygen atoms in total. The zero-order valence-corrected chi connectivity index (χ0v) is 8.55. The maximum Gasteiger partial charge on any atom is 0.126 e. The summed E-state index contributed by atoms with van der Waals surface area (Å²) in [5.74, 6) is 0.199. The molecule has 0 aromatic heterocycles. The highest BCUT2D eigenvalue weighted by molar-refractivity contribution is 7.98. The van der Waals surface area contributed by atoms with Crippen LogP contribution in [0.25, 0.3) is 0 Å². The Morgan fingerprint density at radius 2 is 1.92 bits per heavy atom. The van der Waals surface area contributed by atoms with Gasteiger partial charge in [0.1, 0.15) is 11.6 Å². The molecule has 0 heterocycles. The first-order valence-electron chi connectivity index (χ1n) is 4.08. The van der Waals surface area contributed by atoms with Crippen LogP contribution < -0.4 is 0 Å². The van der Waals surface area contributed by atoms with Crippen LogP contribution in [-0.2, 0) is 6.42 Å². The first-order chi connectivity index (χ1) is 6.15. The van der Waals surface area contributed by atoms with Crippen molar-refractivity contribution < 1.29 is 8.78 Å². The molecule has 3 heteroatoms. The van der Waals surface area contributed by atoms with Gasteiger partial charge in [-0.2, -0.15) is 11.8 Å². The van der Waals surface area contributed by atoms with E-state index in [0.29, 0.717) is 17.5 Å². The van der Waals surface area contributed by atoms with Crippen LogP contribution in [0.3, 0.4) is 0 Å². The van der Waals surface area contributed by atoms with E-state index in [1.807, 2.05) is 6.26 Å². The molecule has 0 spiro atoms. The van der Waals surface area contributed by atoms with Crippen molar-refractivity contribution in [1.82, 2.24) is 0 Å². The van der Waals surface area contributed by atoms with Gasteiger partial charge in [0.05, 0.1) is 0 Å². The van der Waals surface area contributed by atoms with Crippen LogP contribution in [0.2, 0.25) is 0 Å². The summed E-state index contributed by atoms with van der Waals surface area (Å²) in [5.41, 5.74) is 0.836. The Balaban J connectivity index is 2.88. The van der Waals surface area contributed by atoms with Crippen LogP contribution in [-0.4, -0.2) is 12.0 Å².